The number of hydrogen-bond donors (Lipinski definition) is 1. The van der Waals surface area contributed by atoms with Gasteiger partial charge >= 0.3 is 0 Å². The first-order valence-electron chi connectivity index (χ1n) is 7.28. The van der Waals surface area contributed by atoms with Crippen molar-refractivity contribution in [3.8, 4) is 0 Å². The van der Waals surface area contributed by atoms with Crippen LogP contribution in [0.3, 0.4) is 0 Å². The van der Waals surface area contributed by atoms with Crippen LogP contribution in [0.1, 0.15) is 49.3 Å². The van der Waals surface area contributed by atoms with Crippen LogP contribution in [0.15, 0.2) is 18.2 Å². The Labute approximate surface area is 112 Å². The Bertz CT molecular complexity index is 402. The number of aryl methyl sites for hydroxylation is 2. The lowest BCUT2D eigenvalue weighted by Gasteiger charge is -2.34. The molecule has 1 aliphatic rings. The summed E-state index contributed by atoms with van der Waals surface area (Å²) < 4.78 is 0. The van der Waals surface area contributed by atoms with Gasteiger partial charge in [-0.3, -0.25) is 0 Å². The lowest BCUT2D eigenvalue weighted by atomic mass is 9.77. The fourth-order valence-corrected chi connectivity index (χ4v) is 3.47. The highest BCUT2D eigenvalue weighted by molar-refractivity contribution is 5.31. The summed E-state index contributed by atoms with van der Waals surface area (Å²) >= 11 is 0. The molecule has 1 aromatic rings. The second-order valence-electron chi connectivity index (χ2n) is 6.34. The molecule has 0 heterocycles. The van der Waals surface area contributed by atoms with Gasteiger partial charge in [0.05, 0.1) is 0 Å². The minimum absolute atomic E-state index is 0.491. The zero-order valence-electron chi connectivity index (χ0n) is 12.3. The van der Waals surface area contributed by atoms with Crippen LogP contribution in [0.2, 0.25) is 0 Å². The second kappa shape index (κ2) is 5.44. The van der Waals surface area contributed by atoms with Crippen LogP contribution in [-0.2, 0) is 6.42 Å². The summed E-state index contributed by atoms with van der Waals surface area (Å²) in [7, 11) is 2.12. The number of nitrogens with one attached hydrogen (secondary N) is 1. The van der Waals surface area contributed by atoms with E-state index in [0.29, 0.717) is 11.5 Å². The van der Waals surface area contributed by atoms with Crippen molar-refractivity contribution in [2.24, 2.45) is 5.41 Å². The summed E-state index contributed by atoms with van der Waals surface area (Å²) in [6, 6.07) is 7.44. The summed E-state index contributed by atoms with van der Waals surface area (Å²) in [4.78, 5) is 0. The molecular weight excluding hydrogens is 218 g/mol. The normalized spacial score (nSPS) is 20.0. The maximum absolute atomic E-state index is 3.58. The Morgan fingerprint density at radius 1 is 1.22 bits per heavy atom. The largest absolute Gasteiger partial charge is 0.316 e. The molecule has 0 aromatic heterocycles. The van der Waals surface area contributed by atoms with Gasteiger partial charge in [0.1, 0.15) is 0 Å². The molecule has 0 radical (unpaired) electrons. The van der Waals surface area contributed by atoms with Crippen molar-refractivity contribution in [2.75, 3.05) is 7.05 Å². The highest BCUT2D eigenvalue weighted by atomic mass is 14.9. The smallest absolute Gasteiger partial charge is 0.0158 e. The molecule has 1 fully saturated rings. The zero-order chi connectivity index (χ0) is 13.2. The van der Waals surface area contributed by atoms with Crippen LogP contribution in [-0.4, -0.2) is 13.1 Å². The van der Waals surface area contributed by atoms with Crippen molar-refractivity contribution in [3.63, 3.8) is 0 Å². The van der Waals surface area contributed by atoms with Gasteiger partial charge in [0.2, 0.25) is 0 Å². The van der Waals surface area contributed by atoms with Gasteiger partial charge in [0.15, 0.2) is 0 Å². The Hall–Kier alpha value is -0.820. The van der Waals surface area contributed by atoms with E-state index in [-0.39, 0.29) is 0 Å². The lowest BCUT2D eigenvalue weighted by molar-refractivity contribution is 0.229. The van der Waals surface area contributed by atoms with Gasteiger partial charge in [-0.2, -0.15) is 0 Å². The first kappa shape index (κ1) is 13.6. The van der Waals surface area contributed by atoms with Crippen molar-refractivity contribution in [1.82, 2.24) is 5.32 Å². The summed E-state index contributed by atoms with van der Waals surface area (Å²) in [6.45, 7) is 6.89. The van der Waals surface area contributed by atoms with Crippen molar-refractivity contribution in [3.05, 3.63) is 34.9 Å². The van der Waals surface area contributed by atoms with Crippen molar-refractivity contribution >= 4 is 0 Å². The molecule has 1 unspecified atom stereocenters. The van der Waals surface area contributed by atoms with Crippen LogP contribution >= 0.6 is 0 Å². The van der Waals surface area contributed by atoms with E-state index in [1.807, 2.05) is 0 Å². The molecule has 0 aliphatic heterocycles. The Balaban J connectivity index is 2.17. The van der Waals surface area contributed by atoms with E-state index in [9.17, 15) is 0 Å². The zero-order valence-corrected chi connectivity index (χ0v) is 12.3. The highest BCUT2D eigenvalue weighted by Gasteiger charge is 2.36. The third-order valence-electron chi connectivity index (χ3n) is 4.86. The predicted octanol–water partition coefficient (Wildman–Crippen LogP) is 4.01. The predicted molar refractivity (Wildman–Crippen MR) is 79.0 cm³/mol. The van der Waals surface area contributed by atoms with Crippen LogP contribution in [0, 0.1) is 19.3 Å². The Kier molecular flexibility index (Phi) is 4.11. The molecule has 1 nitrogen and oxygen atoms in total. The highest BCUT2D eigenvalue weighted by Crippen LogP contribution is 2.41. The molecule has 0 amide bonds. The maximum atomic E-state index is 3.58. The van der Waals surface area contributed by atoms with E-state index < -0.39 is 0 Å². The van der Waals surface area contributed by atoms with Crippen LogP contribution < -0.4 is 5.32 Å². The van der Waals surface area contributed by atoms with Gasteiger partial charge in [-0.15, -0.1) is 0 Å². The van der Waals surface area contributed by atoms with Gasteiger partial charge < -0.3 is 5.32 Å². The third kappa shape index (κ3) is 2.77. The van der Waals surface area contributed by atoms with Gasteiger partial charge in [0.25, 0.3) is 0 Å². The molecule has 1 saturated carbocycles. The third-order valence-corrected chi connectivity index (χ3v) is 4.86. The Morgan fingerprint density at radius 3 is 2.50 bits per heavy atom. The number of benzene rings is 1. The van der Waals surface area contributed by atoms with Crippen LogP contribution in [0.25, 0.3) is 0 Å². The molecule has 0 bridgehead atoms. The molecule has 0 saturated heterocycles. The van der Waals surface area contributed by atoms with Gasteiger partial charge in [-0.1, -0.05) is 43.5 Å². The SMILES string of the molecule is CNC(Cc1cc(C)ccc1C)C1(C)CCCC1. The molecule has 2 rings (SSSR count). The van der Waals surface area contributed by atoms with E-state index in [4.69, 9.17) is 0 Å². The first-order valence-corrected chi connectivity index (χ1v) is 7.28. The van der Waals surface area contributed by atoms with E-state index in [1.54, 1.807) is 0 Å². The van der Waals surface area contributed by atoms with Crippen LogP contribution in [0.5, 0.6) is 0 Å². The maximum Gasteiger partial charge on any atom is 0.0158 e. The minimum Gasteiger partial charge on any atom is -0.316 e. The van der Waals surface area contributed by atoms with Crippen molar-refractivity contribution in [2.45, 2.75) is 58.9 Å². The molecule has 0 spiro atoms. The summed E-state index contributed by atoms with van der Waals surface area (Å²) in [5.74, 6) is 0. The number of likely N-dealkylation sites (N-methyl/N-ethyl adjacent to an activating group) is 1. The van der Waals surface area contributed by atoms with Crippen molar-refractivity contribution in [1.29, 1.82) is 0 Å². The van der Waals surface area contributed by atoms with Gasteiger partial charge in [-0.25, -0.2) is 0 Å². The Morgan fingerprint density at radius 2 is 1.89 bits per heavy atom. The fraction of sp³-hybridized carbons (Fsp3) is 0.647. The fourth-order valence-electron chi connectivity index (χ4n) is 3.47. The molecule has 18 heavy (non-hydrogen) atoms. The topological polar surface area (TPSA) is 12.0 Å². The molecule has 1 heteroatoms. The number of rotatable bonds is 4. The minimum atomic E-state index is 0.491. The van der Waals surface area contributed by atoms with Crippen molar-refractivity contribution < 1.29 is 0 Å². The van der Waals surface area contributed by atoms with E-state index in [2.05, 4.69) is 51.3 Å². The monoisotopic (exact) mass is 245 g/mol. The van der Waals surface area contributed by atoms with E-state index in [1.165, 1.54) is 48.8 Å². The van der Waals surface area contributed by atoms with Crippen LogP contribution in [0.4, 0.5) is 0 Å². The molecule has 1 aliphatic carbocycles. The lowest BCUT2D eigenvalue weighted by Crippen LogP contribution is -2.42. The summed E-state index contributed by atoms with van der Waals surface area (Å²) in [6.07, 6.45) is 6.73. The molecule has 1 aromatic carbocycles. The average molecular weight is 245 g/mol. The summed E-state index contributed by atoms with van der Waals surface area (Å²) in [5, 5.41) is 3.58. The molecule has 1 N–H and O–H groups in total. The summed E-state index contributed by atoms with van der Waals surface area (Å²) in [5.41, 5.74) is 4.82. The molecular formula is C17H27N. The standard InChI is InChI=1S/C17H27N/c1-13-7-8-14(2)15(11-13)12-16(18-4)17(3)9-5-6-10-17/h7-8,11,16,18H,5-6,9-10,12H2,1-4H3. The van der Waals surface area contributed by atoms with Gasteiger partial charge in [-0.05, 0) is 56.7 Å². The molecule has 100 valence electrons. The number of hydrogen-bond acceptors (Lipinski definition) is 1. The second-order valence-corrected chi connectivity index (χ2v) is 6.34. The van der Waals surface area contributed by atoms with E-state index >= 15 is 0 Å². The van der Waals surface area contributed by atoms with Gasteiger partial charge in [0, 0.05) is 6.04 Å². The average Bonchev–Trinajstić information content (AvgIpc) is 2.78. The molecule has 1 atom stereocenters. The first-order chi connectivity index (χ1) is 8.55. The quantitative estimate of drug-likeness (QED) is 0.845. The van der Waals surface area contributed by atoms with E-state index in [0.717, 1.165) is 0 Å².